The minimum Gasteiger partial charge on any atom is -0.462 e. The highest BCUT2D eigenvalue weighted by Crippen LogP contribution is 2.67. The zero-order chi connectivity index (χ0) is 25.7. The lowest BCUT2D eigenvalue weighted by atomic mass is 9.45. The second-order valence-corrected chi connectivity index (χ2v) is 12.8. The molecular formula is C30H46O5. The van der Waals surface area contributed by atoms with Gasteiger partial charge in [-0.25, -0.2) is 0 Å². The van der Waals surface area contributed by atoms with E-state index in [2.05, 4.69) is 40.3 Å². The van der Waals surface area contributed by atoms with Crippen LogP contribution in [0, 0.1) is 46.3 Å². The summed E-state index contributed by atoms with van der Waals surface area (Å²) >= 11 is 0. The van der Waals surface area contributed by atoms with E-state index in [1.807, 2.05) is 0 Å². The summed E-state index contributed by atoms with van der Waals surface area (Å²) in [6, 6.07) is 0. The molecule has 0 radical (unpaired) electrons. The highest BCUT2D eigenvalue weighted by molar-refractivity contribution is 5.66. The summed E-state index contributed by atoms with van der Waals surface area (Å²) in [7, 11) is 0. The van der Waals surface area contributed by atoms with Crippen molar-refractivity contribution in [2.24, 2.45) is 46.3 Å². The maximum atomic E-state index is 12.9. The SMILES string of the molecule is C=C(CCC(C)C1CCC2C3CC=C4CC(O)CC(OC(C)=O)C4(C)C3C(O)CC12C=O)C(C)C. The number of allylic oxidation sites excluding steroid dienone is 2. The van der Waals surface area contributed by atoms with Crippen molar-refractivity contribution in [3.8, 4) is 0 Å². The topological polar surface area (TPSA) is 83.8 Å². The largest absolute Gasteiger partial charge is 0.462 e. The van der Waals surface area contributed by atoms with Crippen LogP contribution in [-0.4, -0.2) is 40.8 Å². The molecule has 2 N–H and O–H groups in total. The molecule has 4 rings (SSSR count). The van der Waals surface area contributed by atoms with E-state index in [1.165, 1.54) is 18.8 Å². The predicted octanol–water partition coefficient (Wildman–Crippen LogP) is 5.25. The van der Waals surface area contributed by atoms with Gasteiger partial charge < -0.3 is 19.7 Å². The summed E-state index contributed by atoms with van der Waals surface area (Å²) in [5, 5.41) is 22.3. The van der Waals surface area contributed by atoms with Crippen LogP contribution in [0.25, 0.3) is 0 Å². The summed E-state index contributed by atoms with van der Waals surface area (Å²) in [5.41, 5.74) is 1.37. The maximum Gasteiger partial charge on any atom is 0.302 e. The lowest BCUT2D eigenvalue weighted by Crippen LogP contribution is -2.61. The molecule has 0 aromatic carbocycles. The first-order valence-corrected chi connectivity index (χ1v) is 13.8. The third-order valence-corrected chi connectivity index (χ3v) is 10.7. The molecule has 0 aromatic rings. The number of esters is 1. The number of carbonyl (C=O) groups excluding carboxylic acids is 2. The van der Waals surface area contributed by atoms with Gasteiger partial charge in [-0.15, -0.1) is 0 Å². The maximum absolute atomic E-state index is 12.9. The summed E-state index contributed by atoms with van der Waals surface area (Å²) in [5.74, 6) is 1.12. The summed E-state index contributed by atoms with van der Waals surface area (Å²) in [6.07, 6.45) is 8.11. The molecule has 5 nitrogen and oxygen atoms in total. The Morgan fingerprint density at radius 3 is 2.63 bits per heavy atom. The normalized spacial score (nSPS) is 43.4. The van der Waals surface area contributed by atoms with E-state index >= 15 is 0 Å². The minimum absolute atomic E-state index is 0.0767. The smallest absolute Gasteiger partial charge is 0.302 e. The number of carbonyl (C=O) groups is 2. The monoisotopic (exact) mass is 486 g/mol. The zero-order valence-corrected chi connectivity index (χ0v) is 22.3. The molecule has 0 spiro atoms. The summed E-state index contributed by atoms with van der Waals surface area (Å²) in [4.78, 5) is 24.9. The zero-order valence-electron chi connectivity index (χ0n) is 22.3. The highest BCUT2D eigenvalue weighted by atomic mass is 16.5. The molecule has 4 aliphatic carbocycles. The standard InChI is InChI=1S/C30H46O5/c1-17(2)18(3)7-8-19(4)24-11-12-25-23-10-9-21-13-22(33)14-27(35-20(5)32)29(21,6)28(23)26(34)15-30(24,25)16-31/h9,16-17,19,22-28,33-34H,3,7-8,10-15H2,1-2,4-6H3. The molecule has 4 aliphatic rings. The van der Waals surface area contributed by atoms with Crippen LogP contribution in [0.3, 0.4) is 0 Å². The van der Waals surface area contributed by atoms with Crippen molar-refractivity contribution in [2.75, 3.05) is 0 Å². The van der Waals surface area contributed by atoms with E-state index in [-0.39, 0.29) is 29.6 Å². The van der Waals surface area contributed by atoms with Crippen molar-refractivity contribution in [2.45, 2.75) is 104 Å². The molecule has 0 bridgehead atoms. The quantitative estimate of drug-likeness (QED) is 0.292. The van der Waals surface area contributed by atoms with Gasteiger partial charge in [-0.3, -0.25) is 4.79 Å². The van der Waals surface area contributed by atoms with Gasteiger partial charge in [0.15, 0.2) is 0 Å². The number of aliphatic hydroxyl groups is 2. The van der Waals surface area contributed by atoms with Gasteiger partial charge in [0.1, 0.15) is 12.4 Å². The van der Waals surface area contributed by atoms with E-state index in [9.17, 15) is 19.8 Å². The van der Waals surface area contributed by atoms with Crippen molar-refractivity contribution in [1.29, 1.82) is 0 Å². The Morgan fingerprint density at radius 2 is 2.00 bits per heavy atom. The number of aliphatic hydroxyl groups excluding tert-OH is 2. The molecule has 5 heteroatoms. The van der Waals surface area contributed by atoms with Crippen molar-refractivity contribution >= 4 is 12.3 Å². The number of ether oxygens (including phenoxy) is 1. The van der Waals surface area contributed by atoms with Crippen LogP contribution in [0.1, 0.15) is 86.0 Å². The molecule has 0 aliphatic heterocycles. The van der Waals surface area contributed by atoms with Crippen molar-refractivity contribution in [3.63, 3.8) is 0 Å². The second kappa shape index (κ2) is 9.78. The second-order valence-electron chi connectivity index (χ2n) is 12.8. The van der Waals surface area contributed by atoms with Crippen LogP contribution in [0.4, 0.5) is 0 Å². The van der Waals surface area contributed by atoms with E-state index in [1.54, 1.807) is 0 Å². The van der Waals surface area contributed by atoms with Crippen LogP contribution in [-0.2, 0) is 14.3 Å². The van der Waals surface area contributed by atoms with Gasteiger partial charge >= 0.3 is 5.97 Å². The van der Waals surface area contributed by atoms with Gasteiger partial charge in [-0.1, -0.05) is 51.5 Å². The first-order chi connectivity index (χ1) is 16.5. The van der Waals surface area contributed by atoms with Crippen molar-refractivity contribution in [1.82, 2.24) is 0 Å². The third kappa shape index (κ3) is 4.35. The molecule has 3 saturated carbocycles. The Kier molecular flexibility index (Phi) is 7.43. The summed E-state index contributed by atoms with van der Waals surface area (Å²) < 4.78 is 5.80. The van der Waals surface area contributed by atoms with Gasteiger partial charge in [0, 0.05) is 30.1 Å². The highest BCUT2D eigenvalue weighted by Gasteiger charge is 2.66. The van der Waals surface area contributed by atoms with E-state index in [0.717, 1.165) is 37.7 Å². The number of hydrogen-bond donors (Lipinski definition) is 2. The van der Waals surface area contributed by atoms with E-state index < -0.39 is 29.1 Å². The van der Waals surface area contributed by atoms with Crippen LogP contribution in [0.2, 0.25) is 0 Å². The molecule has 35 heavy (non-hydrogen) atoms. The van der Waals surface area contributed by atoms with Gasteiger partial charge in [0.2, 0.25) is 0 Å². The Balaban J connectivity index is 1.64. The molecule has 0 heterocycles. The molecule has 10 atom stereocenters. The predicted molar refractivity (Wildman–Crippen MR) is 136 cm³/mol. The Labute approximate surface area is 211 Å². The number of aldehydes is 1. The van der Waals surface area contributed by atoms with Crippen LogP contribution in [0.15, 0.2) is 23.8 Å². The fourth-order valence-electron chi connectivity index (χ4n) is 8.84. The Bertz CT molecular complexity index is 876. The first-order valence-electron chi connectivity index (χ1n) is 13.8. The van der Waals surface area contributed by atoms with Gasteiger partial charge in [-0.05, 0) is 74.5 Å². The number of fused-ring (bicyclic) bond motifs is 5. The van der Waals surface area contributed by atoms with E-state index in [4.69, 9.17) is 4.74 Å². The lowest BCUT2D eigenvalue weighted by molar-refractivity contribution is -0.183. The Morgan fingerprint density at radius 1 is 1.29 bits per heavy atom. The average Bonchev–Trinajstić information content (AvgIpc) is 3.17. The van der Waals surface area contributed by atoms with Crippen LogP contribution >= 0.6 is 0 Å². The van der Waals surface area contributed by atoms with Gasteiger partial charge in [-0.2, -0.15) is 0 Å². The fraction of sp³-hybridized carbons (Fsp3) is 0.800. The van der Waals surface area contributed by atoms with Gasteiger partial charge in [0.25, 0.3) is 0 Å². The van der Waals surface area contributed by atoms with Crippen LogP contribution < -0.4 is 0 Å². The summed E-state index contributed by atoms with van der Waals surface area (Å²) in [6.45, 7) is 14.4. The average molecular weight is 487 g/mol. The van der Waals surface area contributed by atoms with Crippen molar-refractivity contribution < 1.29 is 24.5 Å². The van der Waals surface area contributed by atoms with Crippen molar-refractivity contribution in [3.05, 3.63) is 23.8 Å². The molecule has 0 saturated heterocycles. The first kappa shape index (κ1) is 26.6. The molecule has 10 unspecified atom stereocenters. The molecule has 3 fully saturated rings. The van der Waals surface area contributed by atoms with E-state index in [0.29, 0.717) is 31.1 Å². The van der Waals surface area contributed by atoms with Crippen LogP contribution in [0.5, 0.6) is 0 Å². The fourth-order valence-corrected chi connectivity index (χ4v) is 8.84. The molecule has 196 valence electrons. The Hall–Kier alpha value is -1.46. The lowest BCUT2D eigenvalue weighted by Gasteiger charge is -2.60. The molecule has 0 amide bonds. The van der Waals surface area contributed by atoms with Gasteiger partial charge in [0.05, 0.1) is 12.2 Å². The minimum atomic E-state index is -0.637. The molecule has 0 aromatic heterocycles. The molecular weight excluding hydrogens is 440 g/mol. The number of rotatable bonds is 7. The third-order valence-electron chi connectivity index (χ3n) is 10.7. The number of hydrogen-bond acceptors (Lipinski definition) is 5.